The number of hydrogen-bond donors (Lipinski definition) is 2. The van der Waals surface area contributed by atoms with Crippen molar-refractivity contribution in [3.63, 3.8) is 0 Å². The molecule has 1 aromatic carbocycles. The molecule has 0 bridgehead atoms. The number of hydrogen-bond acceptors (Lipinski definition) is 4. The van der Waals surface area contributed by atoms with Gasteiger partial charge >= 0.3 is 5.97 Å². The molecule has 0 aliphatic heterocycles. The maximum absolute atomic E-state index is 12.9. The first-order chi connectivity index (χ1) is 11.5. The normalized spacial score (nSPS) is 10.6. The van der Waals surface area contributed by atoms with Crippen LogP contribution in [0.3, 0.4) is 0 Å². The third-order valence-electron chi connectivity index (χ3n) is 3.42. The van der Waals surface area contributed by atoms with Crippen molar-refractivity contribution in [1.29, 1.82) is 0 Å². The fourth-order valence-electron chi connectivity index (χ4n) is 2.20. The minimum Gasteiger partial charge on any atom is -0.481 e. The summed E-state index contributed by atoms with van der Waals surface area (Å²) in [5.74, 6) is -1.30. The molecular formula is C17H19FN2O3S. The molecule has 0 saturated heterocycles. The minimum absolute atomic E-state index is 0.108. The number of aromatic nitrogens is 1. The first-order valence-corrected chi connectivity index (χ1v) is 8.48. The van der Waals surface area contributed by atoms with Gasteiger partial charge in [-0.05, 0) is 37.5 Å². The molecule has 5 nitrogen and oxygen atoms in total. The topological polar surface area (TPSA) is 79.3 Å². The van der Waals surface area contributed by atoms with E-state index in [-0.39, 0.29) is 18.1 Å². The van der Waals surface area contributed by atoms with Crippen molar-refractivity contribution in [1.82, 2.24) is 10.3 Å². The van der Waals surface area contributed by atoms with E-state index in [4.69, 9.17) is 5.11 Å². The fourth-order valence-corrected chi connectivity index (χ4v) is 3.21. The number of carbonyl (C=O) groups excluding carboxylic acids is 1. The molecule has 0 atom stereocenters. The molecule has 128 valence electrons. The van der Waals surface area contributed by atoms with Gasteiger partial charge in [0.25, 0.3) is 5.91 Å². The highest BCUT2D eigenvalue weighted by molar-refractivity contribution is 7.13. The molecule has 0 unspecified atom stereocenters. The van der Waals surface area contributed by atoms with E-state index >= 15 is 0 Å². The molecule has 0 spiro atoms. The second-order valence-electron chi connectivity index (χ2n) is 5.43. The number of halogens is 1. The summed E-state index contributed by atoms with van der Waals surface area (Å²) in [6.45, 7) is 2.22. The van der Waals surface area contributed by atoms with E-state index in [1.807, 2.05) is 0 Å². The first-order valence-electron chi connectivity index (χ1n) is 7.66. The summed E-state index contributed by atoms with van der Waals surface area (Å²) in [4.78, 5) is 27.5. The summed E-state index contributed by atoms with van der Waals surface area (Å²) in [5.41, 5.74) is 1.60. The van der Waals surface area contributed by atoms with Gasteiger partial charge in [0, 0.05) is 19.4 Å². The van der Waals surface area contributed by atoms with Crippen molar-refractivity contribution in [3.8, 4) is 0 Å². The van der Waals surface area contributed by atoms with Crippen LogP contribution >= 0.6 is 11.3 Å². The molecule has 1 aromatic heterocycles. The molecule has 0 saturated carbocycles. The molecule has 1 heterocycles. The van der Waals surface area contributed by atoms with Gasteiger partial charge in [-0.25, -0.2) is 9.37 Å². The molecule has 1 amide bonds. The minimum atomic E-state index is -0.829. The lowest BCUT2D eigenvalue weighted by molar-refractivity contribution is -0.137. The van der Waals surface area contributed by atoms with Crippen LogP contribution < -0.4 is 5.32 Å². The van der Waals surface area contributed by atoms with Gasteiger partial charge in [-0.1, -0.05) is 12.1 Å². The number of aryl methyl sites for hydroxylation is 1. The zero-order valence-electron chi connectivity index (χ0n) is 13.3. The molecule has 2 N–H and O–H groups in total. The predicted molar refractivity (Wildman–Crippen MR) is 89.9 cm³/mol. The zero-order chi connectivity index (χ0) is 17.5. The number of carbonyl (C=O) groups is 2. The van der Waals surface area contributed by atoms with Gasteiger partial charge in [0.05, 0.1) is 10.7 Å². The van der Waals surface area contributed by atoms with Gasteiger partial charge in [-0.15, -0.1) is 11.3 Å². The Balaban J connectivity index is 1.89. The number of carboxylic acids is 1. The van der Waals surface area contributed by atoms with Gasteiger partial charge in [-0.3, -0.25) is 9.59 Å². The van der Waals surface area contributed by atoms with E-state index in [0.29, 0.717) is 36.4 Å². The maximum Gasteiger partial charge on any atom is 0.303 e. The second-order valence-corrected chi connectivity index (χ2v) is 6.52. The third-order valence-corrected chi connectivity index (χ3v) is 4.57. The Bertz CT molecular complexity index is 713. The third kappa shape index (κ3) is 5.42. The van der Waals surface area contributed by atoms with E-state index in [1.165, 1.54) is 23.5 Å². The van der Waals surface area contributed by atoms with Crippen LogP contribution in [-0.4, -0.2) is 28.5 Å². The second kappa shape index (κ2) is 8.54. The Morgan fingerprint density at radius 3 is 2.62 bits per heavy atom. The number of amides is 1. The highest BCUT2D eigenvalue weighted by Gasteiger charge is 2.15. The van der Waals surface area contributed by atoms with Gasteiger partial charge in [0.1, 0.15) is 10.7 Å². The highest BCUT2D eigenvalue weighted by Crippen LogP contribution is 2.21. The smallest absolute Gasteiger partial charge is 0.303 e. The average molecular weight is 350 g/mol. The molecular weight excluding hydrogens is 331 g/mol. The summed E-state index contributed by atoms with van der Waals surface area (Å²) < 4.78 is 12.9. The number of carboxylic acid groups (broad SMARTS) is 1. The van der Waals surface area contributed by atoms with E-state index in [0.717, 1.165) is 10.6 Å². The van der Waals surface area contributed by atoms with Crippen LogP contribution in [0, 0.1) is 12.7 Å². The number of unbranched alkanes of at least 4 members (excludes halogenated alkanes) is 1. The van der Waals surface area contributed by atoms with Crippen LogP contribution in [-0.2, 0) is 11.2 Å². The monoisotopic (exact) mass is 350 g/mol. The summed E-state index contributed by atoms with van der Waals surface area (Å²) in [7, 11) is 0. The zero-order valence-corrected chi connectivity index (χ0v) is 14.2. The standard InChI is InChI=1S/C17H19FN2O3S/c1-11-16(17(23)19-9-3-2-4-15(21)22)24-14(20-11)10-12-5-7-13(18)8-6-12/h5-8H,2-4,9-10H2,1H3,(H,19,23)(H,21,22). The van der Waals surface area contributed by atoms with Crippen molar-refractivity contribution in [2.45, 2.75) is 32.6 Å². The Morgan fingerprint density at radius 2 is 1.96 bits per heavy atom. The van der Waals surface area contributed by atoms with E-state index < -0.39 is 5.97 Å². The summed E-state index contributed by atoms with van der Waals surface area (Å²) in [6, 6.07) is 6.21. The number of aliphatic carboxylic acids is 1. The van der Waals surface area contributed by atoms with E-state index in [9.17, 15) is 14.0 Å². The summed E-state index contributed by atoms with van der Waals surface area (Å²) in [5, 5.41) is 12.1. The molecule has 0 fully saturated rings. The van der Waals surface area contributed by atoms with Crippen LogP contribution in [0.4, 0.5) is 4.39 Å². The Kier molecular flexibility index (Phi) is 6.43. The Hall–Kier alpha value is -2.28. The lowest BCUT2D eigenvalue weighted by Crippen LogP contribution is -2.24. The quantitative estimate of drug-likeness (QED) is 0.717. The first kappa shape index (κ1) is 18.1. The number of rotatable bonds is 8. The molecule has 0 aliphatic rings. The maximum atomic E-state index is 12.9. The Labute approximate surface area is 143 Å². The van der Waals surface area contributed by atoms with Crippen molar-refractivity contribution < 1.29 is 19.1 Å². The van der Waals surface area contributed by atoms with Crippen molar-refractivity contribution in [2.75, 3.05) is 6.54 Å². The van der Waals surface area contributed by atoms with Crippen molar-refractivity contribution in [3.05, 3.63) is 51.2 Å². The van der Waals surface area contributed by atoms with Gasteiger partial charge < -0.3 is 10.4 Å². The fraction of sp³-hybridized carbons (Fsp3) is 0.353. The van der Waals surface area contributed by atoms with Crippen molar-refractivity contribution in [2.24, 2.45) is 0 Å². The highest BCUT2D eigenvalue weighted by atomic mass is 32.1. The molecule has 7 heteroatoms. The van der Waals surface area contributed by atoms with Crippen LogP contribution in [0.25, 0.3) is 0 Å². The SMILES string of the molecule is Cc1nc(Cc2ccc(F)cc2)sc1C(=O)NCCCCC(=O)O. The molecule has 24 heavy (non-hydrogen) atoms. The number of nitrogens with zero attached hydrogens (tertiary/aromatic N) is 1. The van der Waals surface area contributed by atoms with Gasteiger partial charge in [0.2, 0.25) is 0 Å². The van der Waals surface area contributed by atoms with Crippen LogP contribution in [0.5, 0.6) is 0 Å². The molecule has 0 radical (unpaired) electrons. The van der Waals surface area contributed by atoms with Crippen LogP contribution in [0.2, 0.25) is 0 Å². The number of nitrogens with one attached hydrogen (secondary N) is 1. The van der Waals surface area contributed by atoms with Crippen molar-refractivity contribution >= 4 is 23.2 Å². The predicted octanol–water partition coefficient (Wildman–Crippen LogP) is 3.17. The lowest BCUT2D eigenvalue weighted by Gasteiger charge is -2.03. The molecule has 0 aliphatic carbocycles. The number of thiazole rings is 1. The number of benzene rings is 1. The largest absolute Gasteiger partial charge is 0.481 e. The van der Waals surface area contributed by atoms with Crippen LogP contribution in [0.1, 0.15) is 45.2 Å². The molecule has 2 rings (SSSR count). The van der Waals surface area contributed by atoms with Gasteiger partial charge in [-0.2, -0.15) is 0 Å². The summed E-state index contributed by atoms with van der Waals surface area (Å²) in [6.07, 6.45) is 1.82. The Morgan fingerprint density at radius 1 is 1.25 bits per heavy atom. The lowest BCUT2D eigenvalue weighted by atomic mass is 10.1. The molecule has 2 aromatic rings. The van der Waals surface area contributed by atoms with Gasteiger partial charge in [0.15, 0.2) is 0 Å². The van der Waals surface area contributed by atoms with Crippen LogP contribution in [0.15, 0.2) is 24.3 Å². The van der Waals surface area contributed by atoms with E-state index in [1.54, 1.807) is 19.1 Å². The summed E-state index contributed by atoms with van der Waals surface area (Å²) >= 11 is 1.32. The van der Waals surface area contributed by atoms with E-state index in [2.05, 4.69) is 10.3 Å². The average Bonchev–Trinajstić information content (AvgIpc) is 2.89.